The Morgan fingerprint density at radius 3 is 2.25 bits per heavy atom. The fourth-order valence-electron chi connectivity index (χ4n) is 3.11. The molecule has 1 aliphatic carbocycles. The second-order valence-electron chi connectivity index (χ2n) is 5.69. The lowest BCUT2D eigenvalue weighted by Crippen LogP contribution is -2.47. The van der Waals surface area contributed by atoms with E-state index in [9.17, 15) is 5.11 Å². The van der Waals surface area contributed by atoms with Gasteiger partial charge in [0.2, 0.25) is 0 Å². The molecule has 94 valence electrons. The summed E-state index contributed by atoms with van der Waals surface area (Å²) in [5.41, 5.74) is -0.412. The van der Waals surface area contributed by atoms with Gasteiger partial charge in [-0.1, -0.05) is 19.3 Å². The number of rotatable bonds is 3. The summed E-state index contributed by atoms with van der Waals surface area (Å²) in [5.74, 6) is 0.497. The van der Waals surface area contributed by atoms with Crippen LogP contribution in [0.25, 0.3) is 0 Å². The molecule has 0 aromatic carbocycles. The minimum absolute atomic E-state index is 0.331. The molecule has 3 nitrogen and oxygen atoms in total. The third-order valence-corrected chi connectivity index (χ3v) is 4.27. The number of aliphatic hydroxyl groups excluding tert-OH is 1. The molecule has 2 aliphatic rings. The summed E-state index contributed by atoms with van der Waals surface area (Å²) in [6.07, 6.45) is 7.79. The van der Waals surface area contributed by atoms with Gasteiger partial charge < -0.3 is 15.1 Å². The molecule has 2 N–H and O–H groups in total. The quantitative estimate of drug-likeness (QED) is 0.765. The van der Waals surface area contributed by atoms with Crippen molar-refractivity contribution in [1.82, 2.24) is 4.90 Å². The van der Waals surface area contributed by atoms with Gasteiger partial charge in [0.1, 0.15) is 0 Å². The van der Waals surface area contributed by atoms with Gasteiger partial charge in [-0.05, 0) is 44.7 Å². The molecule has 0 spiro atoms. The molecule has 3 heteroatoms. The van der Waals surface area contributed by atoms with Crippen LogP contribution in [0.4, 0.5) is 0 Å². The molecule has 0 atom stereocenters. The van der Waals surface area contributed by atoms with E-state index >= 15 is 0 Å². The molecule has 1 aliphatic heterocycles. The van der Waals surface area contributed by atoms with Crippen LogP contribution in [-0.4, -0.2) is 47.0 Å². The Bertz CT molecular complexity index is 206. The van der Waals surface area contributed by atoms with Crippen molar-refractivity contribution in [1.29, 1.82) is 0 Å². The largest absolute Gasteiger partial charge is 0.396 e. The third kappa shape index (κ3) is 3.19. The Kier molecular flexibility index (Phi) is 4.22. The van der Waals surface area contributed by atoms with Crippen LogP contribution in [0.3, 0.4) is 0 Å². The standard InChI is InChI=1S/C13H25NO2/c15-10-12-4-8-14(9-5-12)11-13(16)6-2-1-3-7-13/h12,15-16H,1-11H2. The maximum Gasteiger partial charge on any atom is 0.0774 e. The van der Waals surface area contributed by atoms with Crippen LogP contribution in [0.1, 0.15) is 44.9 Å². The Morgan fingerprint density at radius 1 is 1.06 bits per heavy atom. The molecular formula is C13H25NO2. The average molecular weight is 227 g/mol. The number of β-amino-alcohol motifs (C(OH)–C–C–N with tert-alkyl or cyclic N) is 1. The second-order valence-corrected chi connectivity index (χ2v) is 5.69. The van der Waals surface area contributed by atoms with Gasteiger partial charge in [-0.3, -0.25) is 0 Å². The molecule has 0 unspecified atom stereocenters. The Labute approximate surface area is 98.5 Å². The summed E-state index contributed by atoms with van der Waals surface area (Å²) in [7, 11) is 0. The first kappa shape index (κ1) is 12.3. The molecule has 16 heavy (non-hydrogen) atoms. The van der Waals surface area contributed by atoms with Crippen LogP contribution in [0.5, 0.6) is 0 Å². The van der Waals surface area contributed by atoms with Gasteiger partial charge in [-0.2, -0.15) is 0 Å². The van der Waals surface area contributed by atoms with Gasteiger partial charge in [0.05, 0.1) is 5.60 Å². The predicted octanol–water partition coefficient (Wildman–Crippen LogP) is 1.39. The maximum absolute atomic E-state index is 10.5. The zero-order valence-corrected chi connectivity index (χ0v) is 10.2. The molecular weight excluding hydrogens is 202 g/mol. The van der Waals surface area contributed by atoms with Crippen LogP contribution >= 0.6 is 0 Å². The van der Waals surface area contributed by atoms with Crippen molar-refractivity contribution < 1.29 is 10.2 Å². The van der Waals surface area contributed by atoms with Crippen molar-refractivity contribution in [3.63, 3.8) is 0 Å². The van der Waals surface area contributed by atoms with Gasteiger partial charge in [0.15, 0.2) is 0 Å². The Balaban J connectivity index is 1.77. The van der Waals surface area contributed by atoms with E-state index in [1.165, 1.54) is 19.3 Å². The molecule has 2 rings (SSSR count). The van der Waals surface area contributed by atoms with Crippen molar-refractivity contribution in [3.8, 4) is 0 Å². The number of hydrogen-bond donors (Lipinski definition) is 2. The Morgan fingerprint density at radius 2 is 1.69 bits per heavy atom. The van der Waals surface area contributed by atoms with E-state index in [1.807, 2.05) is 0 Å². The number of nitrogens with zero attached hydrogens (tertiary/aromatic N) is 1. The lowest BCUT2D eigenvalue weighted by molar-refractivity contribution is -0.0342. The number of piperidine rings is 1. The van der Waals surface area contributed by atoms with Gasteiger partial charge in [-0.25, -0.2) is 0 Å². The first-order valence-electron chi connectivity index (χ1n) is 6.77. The monoisotopic (exact) mass is 227 g/mol. The van der Waals surface area contributed by atoms with Crippen LogP contribution < -0.4 is 0 Å². The van der Waals surface area contributed by atoms with Crippen LogP contribution in [0.15, 0.2) is 0 Å². The molecule has 1 saturated heterocycles. The van der Waals surface area contributed by atoms with Crippen molar-refractivity contribution in [2.24, 2.45) is 5.92 Å². The van der Waals surface area contributed by atoms with E-state index in [0.29, 0.717) is 12.5 Å². The number of hydrogen-bond acceptors (Lipinski definition) is 3. The van der Waals surface area contributed by atoms with E-state index in [2.05, 4.69) is 4.90 Å². The number of likely N-dealkylation sites (tertiary alicyclic amines) is 1. The summed E-state index contributed by atoms with van der Waals surface area (Å²) in [5, 5.41) is 19.5. The Hall–Kier alpha value is -0.120. The highest BCUT2D eigenvalue weighted by Crippen LogP contribution is 2.30. The second kappa shape index (κ2) is 5.48. The van der Waals surface area contributed by atoms with Crippen LogP contribution in [-0.2, 0) is 0 Å². The molecule has 0 amide bonds. The highest BCUT2D eigenvalue weighted by atomic mass is 16.3. The van der Waals surface area contributed by atoms with Gasteiger partial charge in [0.25, 0.3) is 0 Å². The summed E-state index contributed by atoms with van der Waals surface area (Å²) in [6.45, 7) is 3.28. The summed E-state index contributed by atoms with van der Waals surface area (Å²) in [6, 6.07) is 0. The smallest absolute Gasteiger partial charge is 0.0774 e. The van der Waals surface area contributed by atoms with Crippen molar-refractivity contribution in [3.05, 3.63) is 0 Å². The molecule has 0 bridgehead atoms. The highest BCUT2D eigenvalue weighted by molar-refractivity contribution is 4.87. The summed E-state index contributed by atoms with van der Waals surface area (Å²) >= 11 is 0. The normalized spacial score (nSPS) is 28.1. The van der Waals surface area contributed by atoms with Crippen LogP contribution in [0.2, 0.25) is 0 Å². The van der Waals surface area contributed by atoms with Gasteiger partial charge in [-0.15, -0.1) is 0 Å². The van der Waals surface area contributed by atoms with E-state index in [0.717, 1.165) is 45.3 Å². The van der Waals surface area contributed by atoms with E-state index < -0.39 is 5.60 Å². The molecule has 1 saturated carbocycles. The third-order valence-electron chi connectivity index (χ3n) is 4.27. The maximum atomic E-state index is 10.5. The minimum atomic E-state index is -0.412. The molecule has 2 fully saturated rings. The molecule has 1 heterocycles. The SMILES string of the molecule is OCC1CCN(CC2(O)CCCCC2)CC1. The first-order valence-corrected chi connectivity index (χ1v) is 6.77. The lowest BCUT2D eigenvalue weighted by atomic mass is 9.84. The zero-order chi connectivity index (χ0) is 11.4. The fourth-order valence-corrected chi connectivity index (χ4v) is 3.11. The van der Waals surface area contributed by atoms with Crippen molar-refractivity contribution in [2.45, 2.75) is 50.5 Å². The van der Waals surface area contributed by atoms with E-state index in [-0.39, 0.29) is 0 Å². The van der Waals surface area contributed by atoms with Crippen molar-refractivity contribution in [2.75, 3.05) is 26.2 Å². The van der Waals surface area contributed by atoms with Crippen LogP contribution in [0, 0.1) is 5.92 Å². The first-order chi connectivity index (χ1) is 7.72. The molecule has 0 aromatic rings. The van der Waals surface area contributed by atoms with E-state index in [1.54, 1.807) is 0 Å². The van der Waals surface area contributed by atoms with E-state index in [4.69, 9.17) is 5.11 Å². The number of aliphatic hydroxyl groups is 2. The summed E-state index contributed by atoms with van der Waals surface area (Å²) < 4.78 is 0. The zero-order valence-electron chi connectivity index (χ0n) is 10.2. The summed E-state index contributed by atoms with van der Waals surface area (Å²) in [4.78, 5) is 2.39. The lowest BCUT2D eigenvalue weighted by Gasteiger charge is -2.39. The van der Waals surface area contributed by atoms with Crippen molar-refractivity contribution >= 4 is 0 Å². The predicted molar refractivity (Wildman–Crippen MR) is 64.3 cm³/mol. The molecule has 0 aromatic heterocycles. The van der Waals surface area contributed by atoms with Gasteiger partial charge in [0, 0.05) is 13.2 Å². The molecule has 0 radical (unpaired) electrons. The topological polar surface area (TPSA) is 43.7 Å². The minimum Gasteiger partial charge on any atom is -0.396 e. The average Bonchev–Trinajstić information content (AvgIpc) is 2.30. The van der Waals surface area contributed by atoms with Gasteiger partial charge >= 0.3 is 0 Å². The highest BCUT2D eigenvalue weighted by Gasteiger charge is 2.32. The fraction of sp³-hybridized carbons (Fsp3) is 1.00.